The summed E-state index contributed by atoms with van der Waals surface area (Å²) in [6.07, 6.45) is 1.03. The third kappa shape index (κ3) is 3.56. The first-order chi connectivity index (χ1) is 9.79. The Morgan fingerprint density at radius 1 is 1.29 bits per heavy atom. The smallest absolute Gasteiger partial charge is 0.337 e. The van der Waals surface area contributed by atoms with Crippen molar-refractivity contribution in [1.82, 2.24) is 4.98 Å². The molecule has 2 rings (SSSR count). The van der Waals surface area contributed by atoms with Crippen LogP contribution in [0.1, 0.15) is 10.4 Å². The Labute approximate surface area is 127 Å². The molecule has 1 aromatic carbocycles. The van der Waals surface area contributed by atoms with Gasteiger partial charge in [0.15, 0.2) is 0 Å². The van der Waals surface area contributed by atoms with Crippen molar-refractivity contribution in [2.75, 3.05) is 4.72 Å². The lowest BCUT2D eigenvalue weighted by Gasteiger charge is -2.09. The number of aromatic nitrogens is 1. The molecular formula is C12H8BrFN2O4S. The number of carboxylic acid groups (broad SMARTS) is 1. The molecule has 21 heavy (non-hydrogen) atoms. The van der Waals surface area contributed by atoms with Gasteiger partial charge in [-0.15, -0.1) is 0 Å². The molecule has 6 nitrogen and oxygen atoms in total. The van der Waals surface area contributed by atoms with E-state index < -0.39 is 21.8 Å². The Bertz CT molecular complexity index is 793. The van der Waals surface area contributed by atoms with Crippen LogP contribution >= 0.6 is 15.9 Å². The molecule has 9 heteroatoms. The average molecular weight is 375 g/mol. The van der Waals surface area contributed by atoms with Crippen LogP contribution in [0.5, 0.6) is 0 Å². The normalized spacial score (nSPS) is 11.1. The van der Waals surface area contributed by atoms with Crippen molar-refractivity contribution >= 4 is 37.7 Å². The van der Waals surface area contributed by atoms with Gasteiger partial charge in [-0.2, -0.15) is 0 Å². The van der Waals surface area contributed by atoms with E-state index >= 15 is 0 Å². The van der Waals surface area contributed by atoms with Crippen molar-refractivity contribution in [2.24, 2.45) is 0 Å². The molecule has 0 bridgehead atoms. The van der Waals surface area contributed by atoms with E-state index in [4.69, 9.17) is 5.11 Å². The van der Waals surface area contributed by atoms with Gasteiger partial charge in [-0.05, 0) is 46.3 Å². The van der Waals surface area contributed by atoms with Crippen LogP contribution in [0.2, 0.25) is 0 Å². The van der Waals surface area contributed by atoms with Crippen molar-refractivity contribution < 1.29 is 22.7 Å². The molecule has 0 atom stereocenters. The Morgan fingerprint density at radius 3 is 2.52 bits per heavy atom. The molecule has 0 saturated carbocycles. The highest BCUT2D eigenvalue weighted by atomic mass is 79.9. The number of carboxylic acids is 1. The van der Waals surface area contributed by atoms with Crippen LogP contribution in [-0.4, -0.2) is 24.5 Å². The lowest BCUT2D eigenvalue weighted by molar-refractivity contribution is 0.0696. The lowest BCUT2D eigenvalue weighted by atomic mass is 10.3. The van der Waals surface area contributed by atoms with Crippen molar-refractivity contribution in [3.8, 4) is 0 Å². The predicted molar refractivity (Wildman–Crippen MR) is 76.1 cm³/mol. The van der Waals surface area contributed by atoms with Gasteiger partial charge in [-0.3, -0.25) is 4.72 Å². The Hall–Kier alpha value is -2.00. The zero-order valence-corrected chi connectivity index (χ0v) is 12.6. The van der Waals surface area contributed by atoms with Gasteiger partial charge in [0.2, 0.25) is 0 Å². The molecule has 0 spiro atoms. The second-order valence-electron chi connectivity index (χ2n) is 3.92. The summed E-state index contributed by atoms with van der Waals surface area (Å²) >= 11 is 2.97. The van der Waals surface area contributed by atoms with Gasteiger partial charge < -0.3 is 5.11 Å². The molecule has 0 aliphatic heterocycles. The fourth-order valence-electron chi connectivity index (χ4n) is 1.47. The van der Waals surface area contributed by atoms with Crippen LogP contribution in [0.3, 0.4) is 0 Å². The molecule has 1 heterocycles. The standard InChI is InChI=1S/C12H8BrFN2O4S/c13-9-5-8(14)2-3-10(9)21(19,20)16-11-4-1-7(6-15-11)12(17)18/h1-6H,(H,15,16)(H,17,18). The predicted octanol–water partition coefficient (Wildman–Crippen LogP) is 2.48. The average Bonchev–Trinajstić information content (AvgIpc) is 2.38. The fraction of sp³-hybridized carbons (Fsp3) is 0. The zero-order chi connectivity index (χ0) is 15.6. The summed E-state index contributed by atoms with van der Waals surface area (Å²) in [6, 6.07) is 5.58. The largest absolute Gasteiger partial charge is 0.478 e. The number of hydrogen-bond acceptors (Lipinski definition) is 4. The third-order valence-corrected chi connectivity index (χ3v) is 4.76. The molecule has 0 aliphatic rings. The topological polar surface area (TPSA) is 96.4 Å². The van der Waals surface area contributed by atoms with Gasteiger partial charge in [0.1, 0.15) is 16.5 Å². The second-order valence-corrected chi connectivity index (χ2v) is 6.42. The fourth-order valence-corrected chi connectivity index (χ4v) is 3.53. The van der Waals surface area contributed by atoms with E-state index in [1.165, 1.54) is 12.1 Å². The number of sulfonamides is 1. The van der Waals surface area contributed by atoms with Gasteiger partial charge in [0.05, 0.1) is 5.56 Å². The van der Waals surface area contributed by atoms with Crippen molar-refractivity contribution in [1.29, 1.82) is 0 Å². The molecule has 2 aromatic rings. The number of rotatable bonds is 4. The molecule has 110 valence electrons. The number of hydrogen-bond donors (Lipinski definition) is 2. The molecule has 0 fully saturated rings. The quantitative estimate of drug-likeness (QED) is 0.856. The minimum absolute atomic E-state index is 0.0452. The van der Waals surface area contributed by atoms with E-state index in [0.29, 0.717) is 0 Å². The Balaban J connectivity index is 2.30. The molecule has 0 radical (unpaired) electrons. The van der Waals surface area contributed by atoms with Gasteiger partial charge >= 0.3 is 5.97 Å². The summed E-state index contributed by atoms with van der Waals surface area (Å²) in [6.45, 7) is 0. The van der Waals surface area contributed by atoms with Crippen LogP contribution < -0.4 is 4.72 Å². The maximum atomic E-state index is 13.0. The summed E-state index contributed by atoms with van der Waals surface area (Å²) < 4.78 is 39.5. The summed E-state index contributed by atoms with van der Waals surface area (Å²) in [5, 5.41) is 8.73. The number of halogens is 2. The van der Waals surface area contributed by atoms with Gasteiger partial charge in [0.25, 0.3) is 10.0 Å². The molecule has 0 aliphatic carbocycles. The lowest BCUT2D eigenvalue weighted by Crippen LogP contribution is -2.14. The number of anilines is 1. The number of nitrogens with one attached hydrogen (secondary N) is 1. The van der Waals surface area contributed by atoms with Gasteiger partial charge in [-0.1, -0.05) is 0 Å². The summed E-state index contributed by atoms with van der Waals surface area (Å²) in [7, 11) is -3.97. The molecule has 0 amide bonds. The van der Waals surface area contributed by atoms with Crippen LogP contribution in [0.4, 0.5) is 10.2 Å². The molecule has 0 saturated heterocycles. The van der Waals surface area contributed by atoms with Crippen LogP contribution in [0, 0.1) is 5.82 Å². The number of benzene rings is 1. The van der Waals surface area contributed by atoms with E-state index in [9.17, 15) is 17.6 Å². The van der Waals surface area contributed by atoms with E-state index in [1.807, 2.05) is 0 Å². The number of aromatic carboxylic acids is 1. The van der Waals surface area contributed by atoms with Crippen molar-refractivity contribution in [3.05, 3.63) is 52.4 Å². The van der Waals surface area contributed by atoms with E-state index in [-0.39, 0.29) is 20.7 Å². The van der Waals surface area contributed by atoms with E-state index in [1.54, 1.807) is 0 Å². The first-order valence-electron chi connectivity index (χ1n) is 5.47. The van der Waals surface area contributed by atoms with Crippen molar-refractivity contribution in [2.45, 2.75) is 4.90 Å². The first-order valence-corrected chi connectivity index (χ1v) is 7.74. The molecule has 0 unspecified atom stereocenters. The highest BCUT2D eigenvalue weighted by Crippen LogP contribution is 2.24. The van der Waals surface area contributed by atoms with E-state index in [2.05, 4.69) is 25.6 Å². The van der Waals surface area contributed by atoms with E-state index in [0.717, 1.165) is 24.4 Å². The summed E-state index contributed by atoms with van der Waals surface area (Å²) in [5.41, 5.74) is -0.0686. The zero-order valence-electron chi connectivity index (χ0n) is 10.2. The Morgan fingerprint density at radius 2 is 2.00 bits per heavy atom. The molecular weight excluding hydrogens is 367 g/mol. The summed E-state index contributed by atoms with van der Waals surface area (Å²) in [5.74, 6) is -1.79. The molecule has 1 aromatic heterocycles. The highest BCUT2D eigenvalue weighted by Gasteiger charge is 2.19. The monoisotopic (exact) mass is 374 g/mol. The molecule has 2 N–H and O–H groups in total. The van der Waals surface area contributed by atoms with Crippen LogP contribution in [0.15, 0.2) is 45.9 Å². The Kier molecular flexibility index (Phi) is 4.24. The van der Waals surface area contributed by atoms with Crippen molar-refractivity contribution in [3.63, 3.8) is 0 Å². The number of nitrogens with zero attached hydrogens (tertiary/aromatic N) is 1. The SMILES string of the molecule is O=C(O)c1ccc(NS(=O)(=O)c2ccc(F)cc2Br)nc1. The second kappa shape index (κ2) is 5.78. The minimum atomic E-state index is -3.97. The maximum absolute atomic E-state index is 13.0. The van der Waals surface area contributed by atoms with Gasteiger partial charge in [-0.25, -0.2) is 22.6 Å². The van der Waals surface area contributed by atoms with Crippen LogP contribution in [-0.2, 0) is 10.0 Å². The first kappa shape index (κ1) is 15.4. The van der Waals surface area contributed by atoms with Crippen LogP contribution in [0.25, 0.3) is 0 Å². The highest BCUT2D eigenvalue weighted by molar-refractivity contribution is 9.10. The summed E-state index contributed by atoms with van der Waals surface area (Å²) in [4.78, 5) is 14.2. The minimum Gasteiger partial charge on any atom is -0.478 e. The number of pyridine rings is 1. The maximum Gasteiger partial charge on any atom is 0.337 e. The van der Waals surface area contributed by atoms with Gasteiger partial charge in [0, 0.05) is 10.7 Å². The number of carbonyl (C=O) groups is 1. The third-order valence-electron chi connectivity index (χ3n) is 2.43.